The molecule has 2 atom stereocenters. The summed E-state index contributed by atoms with van der Waals surface area (Å²) in [5.74, 6) is 2.88. The van der Waals surface area contributed by atoms with E-state index in [0.29, 0.717) is 6.04 Å². The number of benzene rings is 2. The molecular formula is C21H23N3O. The molecule has 0 amide bonds. The molecule has 1 aromatic heterocycles. The van der Waals surface area contributed by atoms with Crippen molar-refractivity contribution in [1.29, 1.82) is 0 Å². The highest BCUT2D eigenvalue weighted by Crippen LogP contribution is 2.34. The molecule has 2 aromatic carbocycles. The molecule has 5 rings (SSSR count). The summed E-state index contributed by atoms with van der Waals surface area (Å²) in [6.07, 6.45) is 2.84. The van der Waals surface area contributed by atoms with E-state index in [2.05, 4.69) is 52.9 Å². The number of nitrogens with zero attached hydrogens (tertiary/aromatic N) is 3. The molecule has 0 N–H and O–H groups in total. The highest BCUT2D eigenvalue weighted by Gasteiger charge is 2.38. The highest BCUT2D eigenvalue weighted by molar-refractivity contribution is 5.80. The first-order valence-corrected chi connectivity index (χ1v) is 9.17. The Morgan fingerprint density at radius 3 is 2.84 bits per heavy atom. The van der Waals surface area contributed by atoms with E-state index in [1.54, 1.807) is 0 Å². The number of aromatic nitrogens is 2. The lowest BCUT2D eigenvalue weighted by Gasteiger charge is -2.08. The van der Waals surface area contributed by atoms with Crippen molar-refractivity contribution in [1.82, 2.24) is 14.5 Å². The lowest BCUT2D eigenvalue weighted by atomic mass is 10.2. The van der Waals surface area contributed by atoms with Crippen molar-refractivity contribution in [2.75, 3.05) is 19.7 Å². The molecular weight excluding hydrogens is 310 g/mol. The Morgan fingerprint density at radius 1 is 1.12 bits per heavy atom. The molecule has 1 saturated heterocycles. The van der Waals surface area contributed by atoms with Gasteiger partial charge >= 0.3 is 0 Å². The van der Waals surface area contributed by atoms with Gasteiger partial charge in [0.2, 0.25) is 0 Å². The molecule has 25 heavy (non-hydrogen) atoms. The third-order valence-electron chi connectivity index (χ3n) is 5.34. The van der Waals surface area contributed by atoms with Crippen LogP contribution in [0.4, 0.5) is 0 Å². The average Bonchev–Trinajstić information content (AvgIpc) is 3.56. The zero-order valence-electron chi connectivity index (χ0n) is 14.6. The van der Waals surface area contributed by atoms with Gasteiger partial charge < -0.3 is 9.30 Å². The van der Waals surface area contributed by atoms with Gasteiger partial charge in [-0.05, 0) is 43.0 Å². The van der Waals surface area contributed by atoms with E-state index in [0.717, 1.165) is 40.7 Å². The molecule has 1 saturated carbocycles. The molecule has 128 valence electrons. The van der Waals surface area contributed by atoms with Crippen LogP contribution in [-0.2, 0) is 7.05 Å². The maximum atomic E-state index is 6.06. The van der Waals surface area contributed by atoms with E-state index >= 15 is 0 Å². The number of para-hydroxylation sites is 2. The third kappa shape index (κ3) is 3.02. The standard InChI is InChI=1S/C21H23N3O/c1-23-20-8-3-2-7-19(20)22-21(23)16-5-4-6-18(11-16)25-14-17-13-24(17)12-15-9-10-15/h2-8,11,15,17H,9-10,12-14H2,1H3. The summed E-state index contributed by atoms with van der Waals surface area (Å²) in [5, 5.41) is 0. The van der Waals surface area contributed by atoms with Crippen molar-refractivity contribution < 1.29 is 4.74 Å². The fourth-order valence-electron chi connectivity index (χ4n) is 3.56. The molecule has 0 spiro atoms. The molecule has 1 aliphatic heterocycles. The summed E-state index contributed by atoms with van der Waals surface area (Å²) in [6, 6.07) is 17.2. The van der Waals surface area contributed by atoms with Crippen molar-refractivity contribution in [3.8, 4) is 17.1 Å². The monoisotopic (exact) mass is 333 g/mol. The van der Waals surface area contributed by atoms with Crippen molar-refractivity contribution in [2.24, 2.45) is 13.0 Å². The maximum absolute atomic E-state index is 6.06. The molecule has 1 aliphatic carbocycles. The third-order valence-corrected chi connectivity index (χ3v) is 5.34. The van der Waals surface area contributed by atoms with Crippen LogP contribution in [0.15, 0.2) is 48.5 Å². The summed E-state index contributed by atoms with van der Waals surface area (Å²) < 4.78 is 8.21. The van der Waals surface area contributed by atoms with E-state index < -0.39 is 0 Å². The van der Waals surface area contributed by atoms with E-state index in [1.807, 2.05) is 12.1 Å². The minimum absolute atomic E-state index is 0.611. The van der Waals surface area contributed by atoms with Crippen LogP contribution in [0.25, 0.3) is 22.4 Å². The topological polar surface area (TPSA) is 30.1 Å². The van der Waals surface area contributed by atoms with Crippen LogP contribution in [-0.4, -0.2) is 40.2 Å². The number of hydrogen-bond acceptors (Lipinski definition) is 3. The first kappa shape index (κ1) is 15.0. The van der Waals surface area contributed by atoms with Gasteiger partial charge in [0.15, 0.2) is 0 Å². The van der Waals surface area contributed by atoms with Gasteiger partial charge in [0.25, 0.3) is 0 Å². The van der Waals surface area contributed by atoms with Crippen molar-refractivity contribution >= 4 is 11.0 Å². The van der Waals surface area contributed by atoms with Gasteiger partial charge in [-0.3, -0.25) is 4.90 Å². The quantitative estimate of drug-likeness (QED) is 0.644. The van der Waals surface area contributed by atoms with Crippen molar-refractivity contribution in [3.05, 3.63) is 48.5 Å². The number of rotatable bonds is 6. The van der Waals surface area contributed by atoms with Gasteiger partial charge in [-0.15, -0.1) is 0 Å². The van der Waals surface area contributed by atoms with Gasteiger partial charge in [0.1, 0.15) is 18.2 Å². The van der Waals surface area contributed by atoms with Crippen LogP contribution in [0, 0.1) is 5.92 Å². The average molecular weight is 333 g/mol. The SMILES string of the molecule is Cn1c(-c2cccc(OCC3CN3CC3CC3)c2)nc2ccccc21. The first-order valence-electron chi connectivity index (χ1n) is 9.17. The number of aryl methyl sites for hydroxylation is 1. The van der Waals surface area contributed by atoms with Gasteiger partial charge in [0, 0.05) is 25.7 Å². The summed E-state index contributed by atoms with van der Waals surface area (Å²) in [6.45, 7) is 3.26. The number of fused-ring (bicyclic) bond motifs is 1. The fourth-order valence-corrected chi connectivity index (χ4v) is 3.56. The van der Waals surface area contributed by atoms with Crippen molar-refractivity contribution in [3.63, 3.8) is 0 Å². The second kappa shape index (κ2) is 5.88. The second-order valence-electron chi connectivity index (χ2n) is 7.37. The zero-order valence-corrected chi connectivity index (χ0v) is 14.6. The van der Waals surface area contributed by atoms with Gasteiger partial charge in [-0.2, -0.15) is 0 Å². The zero-order chi connectivity index (χ0) is 16.8. The largest absolute Gasteiger partial charge is 0.492 e. The van der Waals surface area contributed by atoms with Gasteiger partial charge in [-0.25, -0.2) is 4.98 Å². The van der Waals surface area contributed by atoms with Crippen LogP contribution in [0.2, 0.25) is 0 Å². The Hall–Kier alpha value is -2.33. The molecule has 3 aromatic rings. The highest BCUT2D eigenvalue weighted by atomic mass is 16.5. The summed E-state index contributed by atoms with van der Waals surface area (Å²) in [5.41, 5.74) is 3.28. The number of ether oxygens (including phenoxy) is 1. The second-order valence-corrected chi connectivity index (χ2v) is 7.37. The lowest BCUT2D eigenvalue weighted by Crippen LogP contribution is -2.12. The molecule has 2 fully saturated rings. The minimum Gasteiger partial charge on any atom is -0.492 e. The Balaban J connectivity index is 1.31. The fraction of sp³-hybridized carbons (Fsp3) is 0.381. The smallest absolute Gasteiger partial charge is 0.140 e. The van der Waals surface area contributed by atoms with E-state index in [1.165, 1.54) is 25.9 Å². The molecule has 2 aliphatic rings. The van der Waals surface area contributed by atoms with Gasteiger partial charge in [-0.1, -0.05) is 24.3 Å². The summed E-state index contributed by atoms with van der Waals surface area (Å²) in [4.78, 5) is 7.32. The Labute approximate surface area is 148 Å². The number of hydrogen-bond donors (Lipinski definition) is 0. The van der Waals surface area contributed by atoms with Crippen LogP contribution < -0.4 is 4.74 Å². The Bertz CT molecular complexity index is 912. The van der Waals surface area contributed by atoms with E-state index in [4.69, 9.17) is 9.72 Å². The Kier molecular flexibility index (Phi) is 3.52. The predicted molar refractivity (Wildman–Crippen MR) is 99.7 cm³/mol. The predicted octanol–water partition coefficient (Wildman–Crippen LogP) is 3.71. The molecule has 4 nitrogen and oxygen atoms in total. The normalized spacial score (nSPS) is 22.3. The Morgan fingerprint density at radius 2 is 2.00 bits per heavy atom. The van der Waals surface area contributed by atoms with Gasteiger partial charge in [0.05, 0.1) is 17.1 Å². The summed E-state index contributed by atoms with van der Waals surface area (Å²) >= 11 is 0. The minimum atomic E-state index is 0.611. The molecule has 0 bridgehead atoms. The summed E-state index contributed by atoms with van der Waals surface area (Å²) in [7, 11) is 2.07. The van der Waals surface area contributed by atoms with E-state index in [-0.39, 0.29) is 0 Å². The molecule has 4 heteroatoms. The van der Waals surface area contributed by atoms with Crippen LogP contribution in [0.1, 0.15) is 12.8 Å². The lowest BCUT2D eigenvalue weighted by molar-refractivity contribution is 0.292. The van der Waals surface area contributed by atoms with Crippen LogP contribution in [0.5, 0.6) is 5.75 Å². The molecule has 2 unspecified atom stereocenters. The molecule has 0 radical (unpaired) electrons. The van der Waals surface area contributed by atoms with E-state index in [9.17, 15) is 0 Å². The number of imidazole rings is 1. The molecule has 2 heterocycles. The van der Waals surface area contributed by atoms with Crippen molar-refractivity contribution in [2.45, 2.75) is 18.9 Å². The van der Waals surface area contributed by atoms with Crippen LogP contribution >= 0.6 is 0 Å². The van der Waals surface area contributed by atoms with Crippen LogP contribution in [0.3, 0.4) is 0 Å². The maximum Gasteiger partial charge on any atom is 0.140 e. The first-order chi connectivity index (χ1) is 12.3.